The lowest BCUT2D eigenvalue weighted by Crippen LogP contribution is -2.28. The molecule has 0 saturated carbocycles. The number of hydrogen-bond donors (Lipinski definition) is 2. The predicted molar refractivity (Wildman–Crippen MR) is 109 cm³/mol. The Kier molecular flexibility index (Phi) is 4.81. The number of aromatic nitrogens is 2. The molecule has 2 N–H and O–H groups in total. The smallest absolute Gasteiger partial charge is 0.258 e. The fourth-order valence-corrected chi connectivity index (χ4v) is 3.31. The van der Waals surface area contributed by atoms with Gasteiger partial charge in [-0.25, -0.2) is 4.98 Å². The van der Waals surface area contributed by atoms with Crippen LogP contribution in [0.5, 0.6) is 0 Å². The fraction of sp³-hybridized carbons (Fsp3) is 0.130. The monoisotopic (exact) mass is 355 g/mol. The lowest BCUT2D eigenvalue weighted by Gasteiger charge is -2.24. The second-order valence-corrected chi connectivity index (χ2v) is 6.61. The molecule has 0 spiro atoms. The van der Waals surface area contributed by atoms with E-state index in [1.807, 2.05) is 61.5 Å². The van der Waals surface area contributed by atoms with Gasteiger partial charge in [-0.1, -0.05) is 72.8 Å². The van der Waals surface area contributed by atoms with Gasteiger partial charge < -0.3 is 4.98 Å². The van der Waals surface area contributed by atoms with Crippen LogP contribution in [0.3, 0.4) is 0 Å². The molecule has 0 radical (unpaired) electrons. The average molecular weight is 355 g/mol. The SMILES string of the molecule is C[C@@H](NC(c1ccccc1)c1ccccc1)c1nc2ccccc2c(=O)[nH]1. The number of H-pyrrole nitrogens is 1. The summed E-state index contributed by atoms with van der Waals surface area (Å²) >= 11 is 0. The quantitative estimate of drug-likeness (QED) is 0.559. The van der Waals surface area contributed by atoms with Crippen LogP contribution in [-0.4, -0.2) is 9.97 Å². The molecular weight excluding hydrogens is 334 g/mol. The fourth-order valence-electron chi connectivity index (χ4n) is 3.31. The van der Waals surface area contributed by atoms with E-state index in [0.29, 0.717) is 16.7 Å². The Morgan fingerprint density at radius 2 is 1.37 bits per heavy atom. The Labute approximate surface area is 157 Å². The number of rotatable bonds is 5. The van der Waals surface area contributed by atoms with Crippen LogP contribution >= 0.6 is 0 Å². The molecule has 0 aliphatic carbocycles. The van der Waals surface area contributed by atoms with Crippen LogP contribution in [0.2, 0.25) is 0 Å². The van der Waals surface area contributed by atoms with E-state index < -0.39 is 0 Å². The number of fused-ring (bicyclic) bond motifs is 1. The van der Waals surface area contributed by atoms with Gasteiger partial charge in [0.05, 0.1) is 23.0 Å². The van der Waals surface area contributed by atoms with Crippen molar-refractivity contribution in [3.63, 3.8) is 0 Å². The van der Waals surface area contributed by atoms with Crippen LogP contribution < -0.4 is 10.9 Å². The summed E-state index contributed by atoms with van der Waals surface area (Å²) in [6.45, 7) is 2.02. The van der Waals surface area contributed by atoms with Crippen molar-refractivity contribution in [3.05, 3.63) is 112 Å². The summed E-state index contributed by atoms with van der Waals surface area (Å²) in [7, 11) is 0. The maximum Gasteiger partial charge on any atom is 0.258 e. The predicted octanol–water partition coefficient (Wildman–Crippen LogP) is 4.36. The van der Waals surface area contributed by atoms with Gasteiger partial charge in [0.1, 0.15) is 5.82 Å². The molecule has 0 fully saturated rings. The third kappa shape index (κ3) is 3.66. The summed E-state index contributed by atoms with van der Waals surface area (Å²) < 4.78 is 0. The minimum Gasteiger partial charge on any atom is -0.309 e. The maximum absolute atomic E-state index is 12.4. The van der Waals surface area contributed by atoms with E-state index in [2.05, 4.69) is 39.6 Å². The Morgan fingerprint density at radius 1 is 0.815 bits per heavy atom. The second-order valence-electron chi connectivity index (χ2n) is 6.61. The Hall–Kier alpha value is -3.24. The van der Waals surface area contributed by atoms with E-state index in [4.69, 9.17) is 0 Å². The molecule has 134 valence electrons. The summed E-state index contributed by atoms with van der Waals surface area (Å²) in [4.78, 5) is 20.0. The zero-order chi connectivity index (χ0) is 18.6. The number of nitrogens with zero attached hydrogens (tertiary/aromatic N) is 1. The molecule has 0 unspecified atom stereocenters. The number of para-hydroxylation sites is 1. The summed E-state index contributed by atoms with van der Waals surface area (Å²) in [6, 6.07) is 27.9. The van der Waals surface area contributed by atoms with Gasteiger partial charge in [0.25, 0.3) is 5.56 Å². The summed E-state index contributed by atoms with van der Waals surface area (Å²) in [5.41, 5.74) is 2.93. The number of aromatic amines is 1. The first kappa shape index (κ1) is 17.2. The number of benzene rings is 3. The highest BCUT2D eigenvalue weighted by Gasteiger charge is 2.19. The molecule has 0 saturated heterocycles. The molecule has 0 aliphatic heterocycles. The Balaban J connectivity index is 1.70. The van der Waals surface area contributed by atoms with E-state index in [0.717, 1.165) is 0 Å². The van der Waals surface area contributed by atoms with E-state index in [-0.39, 0.29) is 17.6 Å². The number of hydrogen-bond acceptors (Lipinski definition) is 3. The Morgan fingerprint density at radius 3 is 2.00 bits per heavy atom. The standard InChI is InChI=1S/C23H21N3O/c1-16(22-25-20-15-9-8-14-19(20)23(27)26-22)24-21(17-10-4-2-5-11-17)18-12-6-3-7-13-18/h2-16,21,24H,1H3,(H,25,26,27)/t16-/m1/s1. The van der Waals surface area contributed by atoms with E-state index >= 15 is 0 Å². The van der Waals surface area contributed by atoms with E-state index in [9.17, 15) is 4.79 Å². The largest absolute Gasteiger partial charge is 0.309 e. The molecule has 4 aromatic rings. The molecule has 1 aromatic heterocycles. The van der Waals surface area contributed by atoms with Crippen molar-refractivity contribution in [1.29, 1.82) is 0 Å². The minimum atomic E-state index is -0.132. The molecule has 0 aliphatic rings. The summed E-state index contributed by atoms with van der Waals surface area (Å²) in [5.74, 6) is 0.635. The van der Waals surface area contributed by atoms with Crippen molar-refractivity contribution in [2.75, 3.05) is 0 Å². The maximum atomic E-state index is 12.4. The highest BCUT2D eigenvalue weighted by Crippen LogP contribution is 2.25. The third-order valence-electron chi connectivity index (χ3n) is 4.72. The highest BCUT2D eigenvalue weighted by atomic mass is 16.1. The third-order valence-corrected chi connectivity index (χ3v) is 4.72. The van der Waals surface area contributed by atoms with Crippen molar-refractivity contribution in [1.82, 2.24) is 15.3 Å². The lowest BCUT2D eigenvalue weighted by molar-refractivity contribution is 0.496. The van der Waals surface area contributed by atoms with Crippen molar-refractivity contribution in [2.24, 2.45) is 0 Å². The zero-order valence-corrected chi connectivity index (χ0v) is 15.1. The Bertz CT molecular complexity index is 1050. The van der Waals surface area contributed by atoms with Crippen molar-refractivity contribution in [3.8, 4) is 0 Å². The van der Waals surface area contributed by atoms with Gasteiger partial charge in [-0.2, -0.15) is 0 Å². The molecule has 27 heavy (non-hydrogen) atoms. The first-order valence-corrected chi connectivity index (χ1v) is 9.07. The first-order chi connectivity index (χ1) is 13.2. The second kappa shape index (κ2) is 7.56. The highest BCUT2D eigenvalue weighted by molar-refractivity contribution is 5.77. The molecule has 4 heteroatoms. The summed E-state index contributed by atoms with van der Waals surface area (Å²) in [5, 5.41) is 4.23. The van der Waals surface area contributed by atoms with Crippen molar-refractivity contribution >= 4 is 10.9 Å². The molecule has 4 nitrogen and oxygen atoms in total. The van der Waals surface area contributed by atoms with E-state index in [1.165, 1.54) is 11.1 Å². The van der Waals surface area contributed by atoms with Gasteiger partial charge in [0.15, 0.2) is 0 Å². The molecule has 0 bridgehead atoms. The van der Waals surface area contributed by atoms with Crippen molar-refractivity contribution < 1.29 is 0 Å². The van der Waals surface area contributed by atoms with Gasteiger partial charge in [0, 0.05) is 0 Å². The van der Waals surface area contributed by atoms with Crippen LogP contribution in [0.25, 0.3) is 10.9 Å². The molecule has 0 amide bonds. The van der Waals surface area contributed by atoms with E-state index in [1.54, 1.807) is 6.07 Å². The van der Waals surface area contributed by atoms with Crippen LogP contribution in [0, 0.1) is 0 Å². The molecular formula is C23H21N3O. The van der Waals surface area contributed by atoms with Gasteiger partial charge in [0.2, 0.25) is 0 Å². The van der Waals surface area contributed by atoms with Crippen LogP contribution in [0.4, 0.5) is 0 Å². The molecule has 1 atom stereocenters. The summed E-state index contributed by atoms with van der Waals surface area (Å²) in [6.07, 6.45) is 0. The van der Waals surface area contributed by atoms with Crippen LogP contribution in [-0.2, 0) is 0 Å². The average Bonchev–Trinajstić information content (AvgIpc) is 2.73. The van der Waals surface area contributed by atoms with Crippen molar-refractivity contribution in [2.45, 2.75) is 19.0 Å². The van der Waals surface area contributed by atoms with Gasteiger partial charge in [-0.3, -0.25) is 10.1 Å². The minimum absolute atomic E-state index is 0.000766. The molecule has 1 heterocycles. The first-order valence-electron chi connectivity index (χ1n) is 9.07. The molecule has 4 rings (SSSR count). The van der Waals surface area contributed by atoms with Crippen LogP contribution in [0.15, 0.2) is 89.7 Å². The molecule has 3 aromatic carbocycles. The van der Waals surface area contributed by atoms with Gasteiger partial charge in [-0.05, 0) is 30.2 Å². The zero-order valence-electron chi connectivity index (χ0n) is 15.1. The van der Waals surface area contributed by atoms with Gasteiger partial charge in [-0.15, -0.1) is 0 Å². The topological polar surface area (TPSA) is 57.8 Å². The lowest BCUT2D eigenvalue weighted by atomic mass is 9.98. The van der Waals surface area contributed by atoms with Gasteiger partial charge >= 0.3 is 0 Å². The normalized spacial score (nSPS) is 12.4. The number of nitrogens with one attached hydrogen (secondary N) is 2. The van der Waals surface area contributed by atoms with Crippen LogP contribution in [0.1, 0.15) is 36.0 Å².